The van der Waals surface area contributed by atoms with Crippen LogP contribution in [0.4, 0.5) is 18.9 Å². The second-order valence-electron chi connectivity index (χ2n) is 8.31. The standard InChI is InChI=1S/C18H23FN4O.C6H4F2/c19-16-15(22-9-4-5-10-22)8-11-23-17(16)14(12-20-23)18(24)21-13-6-2-1-3-7-13;7-5-1-2-6(8)4-3-5/h8,11-13H,1-7,9-10H2,(H,21,24);1-4H. The molecule has 2 fully saturated rings. The first kappa shape index (κ1) is 22.2. The lowest BCUT2D eigenvalue weighted by Gasteiger charge is -2.22. The van der Waals surface area contributed by atoms with Gasteiger partial charge in [0.2, 0.25) is 0 Å². The van der Waals surface area contributed by atoms with Crippen molar-refractivity contribution in [2.45, 2.75) is 51.0 Å². The molecule has 2 aromatic heterocycles. The molecule has 5 nitrogen and oxygen atoms in total. The van der Waals surface area contributed by atoms with Crippen molar-refractivity contribution in [2.24, 2.45) is 0 Å². The van der Waals surface area contributed by atoms with Crippen molar-refractivity contribution in [2.75, 3.05) is 18.0 Å². The summed E-state index contributed by atoms with van der Waals surface area (Å²) in [6.07, 6.45) is 10.9. The Morgan fingerprint density at radius 2 is 1.53 bits per heavy atom. The molecule has 1 saturated heterocycles. The van der Waals surface area contributed by atoms with Gasteiger partial charge in [-0.1, -0.05) is 19.3 Å². The molecule has 0 atom stereocenters. The Hall–Kier alpha value is -3.03. The molecule has 0 spiro atoms. The molecule has 32 heavy (non-hydrogen) atoms. The summed E-state index contributed by atoms with van der Waals surface area (Å²) in [5, 5.41) is 7.22. The largest absolute Gasteiger partial charge is 0.369 e. The number of hydrogen-bond acceptors (Lipinski definition) is 3. The van der Waals surface area contributed by atoms with E-state index in [1.54, 1.807) is 12.3 Å². The zero-order chi connectivity index (χ0) is 22.5. The van der Waals surface area contributed by atoms with E-state index >= 15 is 4.39 Å². The molecule has 1 saturated carbocycles. The molecule has 3 heterocycles. The van der Waals surface area contributed by atoms with Gasteiger partial charge in [0.15, 0.2) is 5.82 Å². The van der Waals surface area contributed by atoms with Gasteiger partial charge in [-0.15, -0.1) is 0 Å². The average molecular weight is 445 g/mol. The molecule has 2 aliphatic rings. The molecule has 0 unspecified atom stereocenters. The third kappa shape index (κ3) is 5.06. The molecule has 1 amide bonds. The lowest BCUT2D eigenvalue weighted by Crippen LogP contribution is -2.36. The van der Waals surface area contributed by atoms with Crippen LogP contribution < -0.4 is 10.2 Å². The van der Waals surface area contributed by atoms with E-state index in [4.69, 9.17) is 0 Å². The summed E-state index contributed by atoms with van der Waals surface area (Å²) in [4.78, 5) is 14.7. The van der Waals surface area contributed by atoms with Crippen LogP contribution in [0.1, 0.15) is 55.3 Å². The van der Waals surface area contributed by atoms with Crippen LogP contribution in [-0.4, -0.2) is 34.7 Å². The van der Waals surface area contributed by atoms with Crippen LogP contribution in [0.15, 0.2) is 42.7 Å². The molecule has 170 valence electrons. The van der Waals surface area contributed by atoms with E-state index in [2.05, 4.69) is 10.4 Å². The second kappa shape index (κ2) is 10.1. The van der Waals surface area contributed by atoms with Gasteiger partial charge < -0.3 is 10.2 Å². The number of amides is 1. The lowest BCUT2D eigenvalue weighted by atomic mass is 9.95. The maximum absolute atomic E-state index is 15.1. The Kier molecular flexibility index (Phi) is 6.97. The van der Waals surface area contributed by atoms with Crippen LogP contribution in [-0.2, 0) is 0 Å². The maximum Gasteiger partial charge on any atom is 0.255 e. The van der Waals surface area contributed by atoms with Crippen molar-refractivity contribution < 1.29 is 18.0 Å². The average Bonchev–Trinajstić information content (AvgIpc) is 3.48. The Bertz CT molecular complexity index is 1030. The van der Waals surface area contributed by atoms with E-state index in [-0.39, 0.29) is 23.3 Å². The molecule has 8 heteroatoms. The van der Waals surface area contributed by atoms with Crippen molar-refractivity contribution in [3.63, 3.8) is 0 Å². The number of rotatable bonds is 3. The number of nitrogens with zero attached hydrogens (tertiary/aromatic N) is 3. The van der Waals surface area contributed by atoms with E-state index in [9.17, 15) is 13.6 Å². The van der Waals surface area contributed by atoms with E-state index in [1.165, 1.54) is 17.1 Å². The monoisotopic (exact) mass is 444 g/mol. The minimum absolute atomic E-state index is 0.200. The van der Waals surface area contributed by atoms with E-state index in [0.717, 1.165) is 75.9 Å². The summed E-state index contributed by atoms with van der Waals surface area (Å²) in [7, 11) is 0. The van der Waals surface area contributed by atoms with E-state index < -0.39 is 11.6 Å². The number of hydrogen-bond donors (Lipinski definition) is 1. The summed E-state index contributed by atoms with van der Waals surface area (Å²) >= 11 is 0. The number of nitrogens with one attached hydrogen (secondary N) is 1. The minimum Gasteiger partial charge on any atom is -0.369 e. The number of fused-ring (bicyclic) bond motifs is 1. The fourth-order valence-electron chi connectivity index (χ4n) is 4.34. The highest BCUT2D eigenvalue weighted by atomic mass is 19.1. The number of anilines is 1. The van der Waals surface area contributed by atoms with Crippen molar-refractivity contribution in [3.8, 4) is 0 Å². The Labute approximate surface area is 185 Å². The molecular weight excluding hydrogens is 417 g/mol. The van der Waals surface area contributed by atoms with Crippen molar-refractivity contribution in [1.29, 1.82) is 0 Å². The van der Waals surface area contributed by atoms with Gasteiger partial charge in [-0.2, -0.15) is 5.10 Å². The van der Waals surface area contributed by atoms with Crippen LogP contribution in [0.25, 0.3) is 5.52 Å². The van der Waals surface area contributed by atoms with Gasteiger partial charge >= 0.3 is 0 Å². The smallest absolute Gasteiger partial charge is 0.255 e. The summed E-state index contributed by atoms with van der Waals surface area (Å²) in [5.41, 5.74) is 1.19. The summed E-state index contributed by atoms with van der Waals surface area (Å²) < 4.78 is 40.4. The first-order valence-electron chi connectivity index (χ1n) is 11.2. The zero-order valence-corrected chi connectivity index (χ0v) is 17.9. The van der Waals surface area contributed by atoms with Gasteiger partial charge in [-0.3, -0.25) is 4.79 Å². The third-order valence-electron chi connectivity index (χ3n) is 6.04. The SMILES string of the molecule is Fc1ccc(F)cc1.O=C(NC1CCCCC1)c1cnn2ccc(N3CCCC3)c(F)c12. The number of benzene rings is 1. The van der Waals surface area contributed by atoms with Crippen molar-refractivity contribution in [1.82, 2.24) is 14.9 Å². The van der Waals surface area contributed by atoms with Gasteiger partial charge in [-0.05, 0) is 56.0 Å². The molecule has 1 N–H and O–H groups in total. The summed E-state index contributed by atoms with van der Waals surface area (Å²) in [6, 6.07) is 6.27. The van der Waals surface area contributed by atoms with Crippen molar-refractivity contribution >= 4 is 17.1 Å². The molecule has 1 aliphatic carbocycles. The Morgan fingerprint density at radius 1 is 0.906 bits per heavy atom. The molecule has 1 aromatic carbocycles. The summed E-state index contributed by atoms with van der Waals surface area (Å²) in [5.74, 6) is -1.38. The highest BCUT2D eigenvalue weighted by Crippen LogP contribution is 2.28. The Balaban J connectivity index is 0.000000260. The second-order valence-corrected chi connectivity index (χ2v) is 8.31. The highest BCUT2D eigenvalue weighted by Gasteiger charge is 2.24. The third-order valence-corrected chi connectivity index (χ3v) is 6.04. The van der Waals surface area contributed by atoms with Gasteiger partial charge in [-0.25, -0.2) is 17.7 Å². The summed E-state index contributed by atoms with van der Waals surface area (Å²) in [6.45, 7) is 1.73. The number of pyridine rings is 1. The van der Waals surface area contributed by atoms with Gasteiger partial charge in [0.25, 0.3) is 5.91 Å². The topological polar surface area (TPSA) is 49.6 Å². The van der Waals surface area contributed by atoms with E-state index in [1.807, 2.05) is 4.90 Å². The molecule has 3 aromatic rings. The quantitative estimate of drug-likeness (QED) is 0.612. The molecular formula is C24H27F3N4O. The van der Waals surface area contributed by atoms with Crippen LogP contribution in [0, 0.1) is 17.5 Å². The molecule has 5 rings (SSSR count). The van der Waals surface area contributed by atoms with Crippen molar-refractivity contribution in [3.05, 3.63) is 65.7 Å². The van der Waals surface area contributed by atoms with Gasteiger partial charge in [0.1, 0.15) is 17.2 Å². The molecule has 0 radical (unpaired) electrons. The molecule has 1 aliphatic heterocycles. The highest BCUT2D eigenvalue weighted by molar-refractivity contribution is 6.01. The normalized spacial score (nSPS) is 16.7. The number of carbonyl (C=O) groups excluding carboxylic acids is 1. The van der Waals surface area contributed by atoms with Crippen LogP contribution >= 0.6 is 0 Å². The first-order chi connectivity index (χ1) is 15.5. The number of aromatic nitrogens is 2. The fraction of sp³-hybridized carbons (Fsp3) is 0.417. The van der Waals surface area contributed by atoms with Gasteiger partial charge in [0, 0.05) is 25.3 Å². The van der Waals surface area contributed by atoms with Gasteiger partial charge in [0.05, 0.1) is 17.4 Å². The predicted octanol–water partition coefficient (Wildman–Crippen LogP) is 5.10. The number of carbonyl (C=O) groups is 1. The maximum atomic E-state index is 15.1. The van der Waals surface area contributed by atoms with Crippen LogP contribution in [0.5, 0.6) is 0 Å². The molecule has 0 bridgehead atoms. The first-order valence-corrected chi connectivity index (χ1v) is 11.2. The minimum atomic E-state index is -0.411. The fourth-order valence-corrected chi connectivity index (χ4v) is 4.34. The lowest BCUT2D eigenvalue weighted by molar-refractivity contribution is 0.0929. The zero-order valence-electron chi connectivity index (χ0n) is 17.9. The van der Waals surface area contributed by atoms with E-state index in [0.29, 0.717) is 11.3 Å². The number of halogens is 3. The Morgan fingerprint density at radius 3 is 2.16 bits per heavy atom. The predicted molar refractivity (Wildman–Crippen MR) is 117 cm³/mol. The van der Waals surface area contributed by atoms with Crippen LogP contribution in [0.3, 0.4) is 0 Å². The van der Waals surface area contributed by atoms with Crippen LogP contribution in [0.2, 0.25) is 0 Å².